The number of nitrogens with one attached hydrogen (secondary N) is 2. The van der Waals surface area contributed by atoms with Crippen molar-refractivity contribution in [1.82, 2.24) is 10.0 Å². The second-order valence-electron chi connectivity index (χ2n) is 4.44. The molecule has 0 saturated heterocycles. The smallest absolute Gasteiger partial charge is 0.351 e. The van der Waals surface area contributed by atoms with E-state index in [-0.39, 0.29) is 38.3 Å². The van der Waals surface area contributed by atoms with Crippen molar-refractivity contribution in [3.63, 3.8) is 0 Å². The van der Waals surface area contributed by atoms with Crippen molar-refractivity contribution >= 4 is 15.9 Å². The Morgan fingerprint density at radius 2 is 1.70 bits per heavy atom. The lowest BCUT2D eigenvalue weighted by molar-refractivity contribution is -0.140. The topological polar surface area (TPSA) is 93.7 Å². The van der Waals surface area contributed by atoms with Gasteiger partial charge in [0.25, 0.3) is 0 Å². The van der Waals surface area contributed by atoms with Gasteiger partial charge in [-0.25, -0.2) is 13.1 Å². The molecule has 0 fully saturated rings. The average Bonchev–Trinajstić information content (AvgIpc) is 2.43. The van der Waals surface area contributed by atoms with Crippen molar-refractivity contribution in [2.75, 3.05) is 26.3 Å². The van der Waals surface area contributed by atoms with Crippen LogP contribution in [0.3, 0.4) is 0 Å². The Hall–Kier alpha value is -0.910. The summed E-state index contributed by atoms with van der Waals surface area (Å²) in [6.07, 6.45) is -0.116. The molecule has 23 heavy (non-hydrogen) atoms. The van der Waals surface area contributed by atoms with Crippen LogP contribution in [0.15, 0.2) is 0 Å². The highest BCUT2D eigenvalue weighted by molar-refractivity contribution is 7.90. The molecule has 0 aromatic heterocycles. The van der Waals surface area contributed by atoms with E-state index >= 15 is 0 Å². The molecule has 11 heteroatoms. The van der Waals surface area contributed by atoms with Crippen LogP contribution in [-0.2, 0) is 24.3 Å². The maximum atomic E-state index is 12.0. The Balaban J connectivity index is 3.87. The predicted octanol–water partition coefficient (Wildman–Crippen LogP) is 1.11. The molecule has 0 aliphatic carbocycles. The Morgan fingerprint density at radius 3 is 2.17 bits per heavy atom. The number of amides is 1. The lowest BCUT2D eigenvalue weighted by Crippen LogP contribution is -2.37. The molecule has 0 bridgehead atoms. The van der Waals surface area contributed by atoms with Crippen molar-refractivity contribution in [3.05, 3.63) is 0 Å². The van der Waals surface area contributed by atoms with Crippen LogP contribution in [0.25, 0.3) is 0 Å². The summed E-state index contributed by atoms with van der Waals surface area (Å²) in [5.41, 5.74) is -5.32. The molecule has 0 aromatic rings. The molecule has 0 unspecified atom stereocenters. The van der Waals surface area contributed by atoms with Crippen LogP contribution < -0.4 is 10.0 Å². The van der Waals surface area contributed by atoms with Crippen LogP contribution in [-0.4, -0.2) is 52.4 Å². The Morgan fingerprint density at radius 1 is 1.13 bits per heavy atom. The van der Waals surface area contributed by atoms with Gasteiger partial charge < -0.3 is 14.8 Å². The van der Waals surface area contributed by atoms with Crippen LogP contribution >= 0.6 is 0 Å². The van der Waals surface area contributed by atoms with Crippen LogP contribution in [0, 0.1) is 0 Å². The van der Waals surface area contributed by atoms with Gasteiger partial charge in [0, 0.05) is 26.2 Å². The van der Waals surface area contributed by atoms with E-state index in [2.05, 4.69) is 5.32 Å². The zero-order chi connectivity index (χ0) is 17.9. The average molecular weight is 364 g/mol. The number of rotatable bonds is 12. The first kappa shape index (κ1) is 22.1. The van der Waals surface area contributed by atoms with Crippen LogP contribution in [0.1, 0.15) is 33.1 Å². The van der Waals surface area contributed by atoms with E-state index in [1.165, 1.54) is 4.72 Å². The Labute approximate surface area is 133 Å². The van der Waals surface area contributed by atoms with E-state index in [1.807, 2.05) is 0 Å². The van der Waals surface area contributed by atoms with E-state index in [4.69, 9.17) is 9.47 Å². The number of carbonyl (C=O) groups excluding carboxylic acids is 1. The molecule has 0 aromatic carbocycles. The summed E-state index contributed by atoms with van der Waals surface area (Å²) >= 11 is 0. The molecule has 0 heterocycles. The Bertz CT molecular complexity index is 436. The first-order valence-corrected chi connectivity index (χ1v) is 8.68. The summed E-state index contributed by atoms with van der Waals surface area (Å²) in [5.74, 6) is -0.312. The minimum atomic E-state index is -5.32. The van der Waals surface area contributed by atoms with Crippen molar-refractivity contribution in [2.45, 2.75) is 44.9 Å². The van der Waals surface area contributed by atoms with E-state index in [1.54, 1.807) is 13.8 Å². The molecule has 1 amide bonds. The van der Waals surface area contributed by atoms with Gasteiger partial charge in [-0.3, -0.25) is 4.79 Å². The molecule has 0 radical (unpaired) electrons. The monoisotopic (exact) mass is 364 g/mol. The summed E-state index contributed by atoms with van der Waals surface area (Å²) in [6, 6.07) is 0. The second kappa shape index (κ2) is 10.8. The van der Waals surface area contributed by atoms with Gasteiger partial charge in [-0.05, 0) is 26.7 Å². The predicted molar refractivity (Wildman–Crippen MR) is 76.9 cm³/mol. The third-order valence-corrected chi connectivity index (χ3v) is 3.79. The number of alkyl halides is 3. The fourth-order valence-corrected chi connectivity index (χ4v) is 2.10. The number of hydrogen-bond donors (Lipinski definition) is 2. The molecule has 0 rings (SSSR count). The molecule has 0 saturated carbocycles. The van der Waals surface area contributed by atoms with E-state index < -0.39 is 21.8 Å². The summed E-state index contributed by atoms with van der Waals surface area (Å²) in [4.78, 5) is 11.5. The van der Waals surface area contributed by atoms with Crippen molar-refractivity contribution < 1.29 is 35.9 Å². The first-order valence-electron chi connectivity index (χ1n) is 7.19. The van der Waals surface area contributed by atoms with Gasteiger partial charge in [0.1, 0.15) is 0 Å². The molecule has 0 spiro atoms. The molecular weight excluding hydrogens is 341 g/mol. The highest BCUT2D eigenvalue weighted by Crippen LogP contribution is 2.21. The van der Waals surface area contributed by atoms with Crippen molar-refractivity contribution in [3.8, 4) is 0 Å². The fraction of sp³-hybridized carbons (Fsp3) is 0.917. The molecule has 0 atom stereocenters. The highest BCUT2D eigenvalue weighted by Gasteiger charge is 2.45. The quantitative estimate of drug-likeness (QED) is 0.400. The number of halogens is 3. The highest BCUT2D eigenvalue weighted by atomic mass is 32.2. The Kier molecular flexibility index (Phi) is 10.4. The molecule has 0 aliphatic heterocycles. The third kappa shape index (κ3) is 9.74. The third-order valence-electron chi connectivity index (χ3n) is 2.60. The van der Waals surface area contributed by atoms with Crippen molar-refractivity contribution in [2.24, 2.45) is 0 Å². The van der Waals surface area contributed by atoms with Crippen LogP contribution in [0.5, 0.6) is 0 Å². The van der Waals surface area contributed by atoms with Gasteiger partial charge in [0.05, 0.1) is 6.54 Å². The SMILES string of the molecule is CCOC(CNC(=O)CCCCNS(=O)(=O)C(F)(F)F)OCC. The number of hydrogen-bond acceptors (Lipinski definition) is 5. The minimum absolute atomic E-state index is 0.0682. The summed E-state index contributed by atoms with van der Waals surface area (Å²) < 4.78 is 69.4. The first-order chi connectivity index (χ1) is 10.6. The van der Waals surface area contributed by atoms with E-state index in [0.29, 0.717) is 13.2 Å². The zero-order valence-corrected chi connectivity index (χ0v) is 13.9. The molecular formula is C12H23F3N2O5S. The zero-order valence-electron chi connectivity index (χ0n) is 13.1. The van der Waals surface area contributed by atoms with E-state index in [9.17, 15) is 26.4 Å². The molecule has 7 nitrogen and oxygen atoms in total. The summed E-state index contributed by atoms with van der Waals surface area (Å²) in [5, 5.41) is 2.58. The van der Waals surface area contributed by atoms with E-state index in [0.717, 1.165) is 0 Å². The van der Waals surface area contributed by atoms with Crippen molar-refractivity contribution in [1.29, 1.82) is 0 Å². The van der Waals surface area contributed by atoms with Gasteiger partial charge in [-0.1, -0.05) is 0 Å². The van der Waals surface area contributed by atoms with Crippen LogP contribution in [0.2, 0.25) is 0 Å². The van der Waals surface area contributed by atoms with Gasteiger partial charge in [-0.15, -0.1) is 0 Å². The maximum absolute atomic E-state index is 12.0. The molecule has 2 N–H and O–H groups in total. The lowest BCUT2D eigenvalue weighted by Gasteiger charge is -2.17. The summed E-state index contributed by atoms with van der Waals surface area (Å²) in [7, 11) is -5.32. The fourth-order valence-electron chi connectivity index (χ4n) is 1.52. The lowest BCUT2D eigenvalue weighted by atomic mass is 10.2. The standard InChI is InChI=1S/C12H23F3N2O5S/c1-3-21-11(22-4-2)9-16-10(18)7-5-6-8-17-23(19,20)12(13,14)15/h11,17H,3-9H2,1-2H3,(H,16,18). The maximum Gasteiger partial charge on any atom is 0.511 e. The largest absolute Gasteiger partial charge is 0.511 e. The van der Waals surface area contributed by atoms with Gasteiger partial charge in [-0.2, -0.15) is 13.2 Å². The summed E-state index contributed by atoms with van der Waals surface area (Å²) in [6.45, 7) is 4.22. The normalized spacial score (nSPS) is 12.6. The van der Waals surface area contributed by atoms with Gasteiger partial charge in [0.2, 0.25) is 5.91 Å². The minimum Gasteiger partial charge on any atom is -0.351 e. The number of ether oxygens (including phenoxy) is 2. The number of unbranched alkanes of at least 4 members (excludes halogenated alkanes) is 1. The number of carbonyl (C=O) groups is 1. The van der Waals surface area contributed by atoms with Crippen LogP contribution in [0.4, 0.5) is 13.2 Å². The second-order valence-corrected chi connectivity index (χ2v) is 6.20. The van der Waals surface area contributed by atoms with Gasteiger partial charge in [0.15, 0.2) is 6.29 Å². The molecule has 0 aliphatic rings. The number of sulfonamides is 1. The van der Waals surface area contributed by atoms with Gasteiger partial charge >= 0.3 is 15.5 Å². The molecule has 138 valence electrons.